The number of nitrogens with zero attached hydrogens (tertiary/aromatic N) is 2. The van der Waals surface area contributed by atoms with Gasteiger partial charge in [-0.2, -0.15) is 0 Å². The predicted octanol–water partition coefficient (Wildman–Crippen LogP) is 8.62. The fraction of sp³-hybridized carbons (Fsp3) is 0.449. The lowest BCUT2D eigenvalue weighted by Crippen LogP contribution is -2.61. The molecule has 13 heteroatoms. The van der Waals surface area contributed by atoms with E-state index in [2.05, 4.69) is 0 Å². The van der Waals surface area contributed by atoms with Crippen LogP contribution in [0, 0.1) is 0 Å². The molecular weight excluding hydrogens is 793 g/mol. The SMILES string of the molecule is CCCC(C(=O)O)[N+]1(C)CCc2cc(OC)c3cc2C1Cc1ccc(cc1)Oc1cc(ccc1OC)CC1c2c(cc(OC)c(OC(C)=O)c2O3)CC[N+]1(C)C(CCC)C(=O)O. The van der Waals surface area contributed by atoms with E-state index in [1.807, 2.05) is 88.6 Å². The van der Waals surface area contributed by atoms with Gasteiger partial charge in [-0.15, -0.1) is 0 Å². The normalized spacial score (nSPS) is 22.3. The summed E-state index contributed by atoms with van der Waals surface area (Å²) in [5.74, 6) is 0.650. The number of likely N-dealkylation sites (N-methyl/N-ethyl adjacent to an activating group) is 2. The lowest BCUT2D eigenvalue weighted by atomic mass is 9.83. The van der Waals surface area contributed by atoms with Crippen molar-refractivity contribution in [1.29, 1.82) is 0 Å². The Morgan fingerprint density at radius 3 is 1.82 bits per heavy atom. The van der Waals surface area contributed by atoms with E-state index in [1.165, 1.54) is 14.0 Å². The van der Waals surface area contributed by atoms with Crippen molar-refractivity contribution in [1.82, 2.24) is 0 Å². The van der Waals surface area contributed by atoms with Crippen molar-refractivity contribution in [3.05, 3.63) is 94.0 Å². The number of quaternary nitrogens is 2. The van der Waals surface area contributed by atoms with Crippen LogP contribution >= 0.6 is 0 Å². The molecule has 4 aromatic carbocycles. The van der Waals surface area contributed by atoms with Gasteiger partial charge in [0.25, 0.3) is 0 Å². The van der Waals surface area contributed by atoms with Gasteiger partial charge in [-0.25, -0.2) is 9.59 Å². The number of carbonyl (C=O) groups excluding carboxylic acids is 1. The molecular formula is C49H60N2O11+2. The second-order valence-electron chi connectivity index (χ2n) is 17.3. The summed E-state index contributed by atoms with van der Waals surface area (Å²) >= 11 is 0. The molecule has 0 saturated heterocycles. The van der Waals surface area contributed by atoms with Crippen LogP contribution in [0.25, 0.3) is 0 Å². The van der Waals surface area contributed by atoms with Crippen molar-refractivity contribution >= 4 is 17.9 Å². The third-order valence-corrected chi connectivity index (χ3v) is 13.6. The number of fused-ring (bicyclic) bond motifs is 2. The first-order chi connectivity index (χ1) is 29.7. The number of esters is 1. The highest BCUT2D eigenvalue weighted by molar-refractivity contribution is 5.75. The summed E-state index contributed by atoms with van der Waals surface area (Å²) in [5, 5.41) is 21.7. The van der Waals surface area contributed by atoms with Gasteiger partial charge in [0, 0.05) is 51.0 Å². The third kappa shape index (κ3) is 8.15. The van der Waals surface area contributed by atoms with Gasteiger partial charge in [0.15, 0.2) is 46.6 Å². The van der Waals surface area contributed by atoms with E-state index in [9.17, 15) is 24.6 Å². The molecule has 4 aromatic rings. The molecule has 0 aromatic heterocycles. The van der Waals surface area contributed by atoms with Gasteiger partial charge in [-0.05, 0) is 77.6 Å². The predicted molar refractivity (Wildman–Crippen MR) is 232 cm³/mol. The molecule has 6 bridgehead atoms. The summed E-state index contributed by atoms with van der Waals surface area (Å²) in [5.41, 5.74) is 5.38. The van der Waals surface area contributed by atoms with E-state index in [0.717, 1.165) is 27.8 Å². The highest BCUT2D eigenvalue weighted by Gasteiger charge is 2.51. The average molecular weight is 853 g/mol. The summed E-state index contributed by atoms with van der Waals surface area (Å²) in [6.07, 6.45) is 4.26. The quantitative estimate of drug-likeness (QED) is 0.0803. The molecule has 62 heavy (non-hydrogen) atoms. The van der Waals surface area contributed by atoms with Crippen molar-refractivity contribution in [2.24, 2.45) is 0 Å². The number of hydrogen-bond donors (Lipinski definition) is 2. The molecule has 2 N–H and O–H groups in total. The number of methoxy groups -OCH3 is 3. The molecule has 4 heterocycles. The Morgan fingerprint density at radius 1 is 0.694 bits per heavy atom. The minimum Gasteiger partial charge on any atom is -0.493 e. The third-order valence-electron chi connectivity index (χ3n) is 13.6. The minimum atomic E-state index is -0.901. The standard InChI is InChI=1S/C49H58N2O11/c1-9-11-36(48(53)54)50(4)21-19-32-26-41(58-7)43-28-35(32)38(50)23-30-13-16-34(17-14-30)61-42-25-31(15-18-40(42)57-6)24-39-45-33(20-22-51(39,5)37(12-10-2)49(55)56)27-44(59-8)46(47(45)62-43)60-29(3)52/h13-18,25-28,36-39H,9-12,19-24H2,1-8H3/p+2. The maximum Gasteiger partial charge on any atom is 0.362 e. The average Bonchev–Trinajstić information content (AvgIpc) is 3.24. The minimum absolute atomic E-state index is 0.0677. The van der Waals surface area contributed by atoms with E-state index >= 15 is 0 Å². The fourth-order valence-electron chi connectivity index (χ4n) is 10.3. The second-order valence-corrected chi connectivity index (χ2v) is 17.3. The molecule has 330 valence electrons. The van der Waals surface area contributed by atoms with Crippen LogP contribution in [0.3, 0.4) is 0 Å². The zero-order chi connectivity index (χ0) is 44.5. The summed E-state index contributed by atoms with van der Waals surface area (Å²) in [6, 6.07) is 17.1. The Kier molecular flexibility index (Phi) is 12.8. The maximum atomic E-state index is 13.3. The molecule has 4 aliphatic heterocycles. The number of hydrogen-bond acceptors (Lipinski definition) is 9. The Hall–Kier alpha value is -5.79. The van der Waals surface area contributed by atoms with Crippen LogP contribution < -0.4 is 28.4 Å². The molecule has 0 aliphatic carbocycles. The summed E-state index contributed by atoms with van der Waals surface area (Å²) in [4.78, 5) is 39.5. The fourth-order valence-corrected chi connectivity index (χ4v) is 10.3. The molecule has 0 saturated carbocycles. The lowest BCUT2D eigenvalue weighted by molar-refractivity contribution is -0.956. The highest BCUT2D eigenvalue weighted by atomic mass is 16.6. The Labute approximate surface area is 363 Å². The summed E-state index contributed by atoms with van der Waals surface area (Å²) in [7, 11) is 8.71. The maximum absolute atomic E-state index is 13.3. The van der Waals surface area contributed by atoms with Gasteiger partial charge in [0.1, 0.15) is 17.8 Å². The van der Waals surface area contributed by atoms with Crippen molar-refractivity contribution in [2.45, 2.75) is 96.3 Å². The van der Waals surface area contributed by atoms with Crippen LogP contribution in [0.1, 0.15) is 91.9 Å². The number of carboxylic acids is 2. The van der Waals surface area contributed by atoms with E-state index in [1.54, 1.807) is 14.2 Å². The van der Waals surface area contributed by atoms with Crippen LogP contribution in [0.15, 0.2) is 60.7 Å². The molecule has 6 unspecified atom stereocenters. The van der Waals surface area contributed by atoms with E-state index in [4.69, 9.17) is 28.4 Å². The highest BCUT2D eigenvalue weighted by Crippen LogP contribution is 2.55. The molecule has 6 atom stereocenters. The summed E-state index contributed by atoms with van der Waals surface area (Å²) in [6.45, 7) is 6.41. The zero-order valence-electron chi connectivity index (χ0n) is 37.1. The molecule has 0 fully saturated rings. The number of carbonyl (C=O) groups is 3. The Bertz CT molecular complexity index is 2350. The topological polar surface area (TPSA) is 147 Å². The number of ether oxygens (including phenoxy) is 6. The van der Waals surface area contributed by atoms with Gasteiger partial charge in [-0.3, -0.25) is 4.79 Å². The van der Waals surface area contributed by atoms with Gasteiger partial charge in [0.05, 0.1) is 54.1 Å². The number of benzene rings is 4. The van der Waals surface area contributed by atoms with Gasteiger partial charge in [-0.1, -0.05) is 32.0 Å². The molecule has 4 aliphatic rings. The second kappa shape index (κ2) is 17.9. The van der Waals surface area contributed by atoms with Gasteiger partial charge >= 0.3 is 17.9 Å². The first-order valence-corrected chi connectivity index (χ1v) is 21.6. The van der Waals surface area contributed by atoms with Crippen molar-refractivity contribution < 1.29 is 62.0 Å². The van der Waals surface area contributed by atoms with Crippen molar-refractivity contribution in [3.8, 4) is 46.0 Å². The molecule has 8 rings (SSSR count). The number of rotatable bonds is 12. The van der Waals surface area contributed by atoms with Crippen molar-refractivity contribution in [3.63, 3.8) is 0 Å². The van der Waals surface area contributed by atoms with Crippen LogP contribution in [-0.4, -0.2) is 97.7 Å². The monoisotopic (exact) mass is 852 g/mol. The Morgan fingerprint density at radius 2 is 1.24 bits per heavy atom. The van der Waals surface area contributed by atoms with Gasteiger partial charge < -0.3 is 47.6 Å². The van der Waals surface area contributed by atoms with E-state index in [0.29, 0.717) is 105 Å². The molecule has 0 spiro atoms. The van der Waals surface area contributed by atoms with E-state index in [-0.39, 0.29) is 26.5 Å². The van der Waals surface area contributed by atoms with Gasteiger partial charge in [0.2, 0.25) is 5.75 Å². The van der Waals surface area contributed by atoms with Crippen LogP contribution in [-0.2, 0) is 40.1 Å². The number of carboxylic acid groups (broad SMARTS) is 2. The Balaban J connectivity index is 1.57. The van der Waals surface area contributed by atoms with Crippen LogP contribution in [0.2, 0.25) is 0 Å². The molecule has 0 amide bonds. The van der Waals surface area contributed by atoms with E-state index < -0.39 is 36.0 Å². The molecule has 13 nitrogen and oxygen atoms in total. The zero-order valence-corrected chi connectivity index (χ0v) is 37.1. The van der Waals surface area contributed by atoms with Crippen molar-refractivity contribution in [2.75, 3.05) is 48.5 Å². The number of aliphatic carboxylic acids is 2. The first-order valence-electron chi connectivity index (χ1n) is 21.6. The summed E-state index contributed by atoms with van der Waals surface area (Å²) < 4.78 is 38.0. The smallest absolute Gasteiger partial charge is 0.362 e. The largest absolute Gasteiger partial charge is 0.493 e. The first kappa shape index (κ1) is 44.3. The molecule has 0 radical (unpaired) electrons. The lowest BCUT2D eigenvalue weighted by Gasteiger charge is -2.49. The van der Waals surface area contributed by atoms with Crippen LogP contribution in [0.4, 0.5) is 0 Å². The van der Waals surface area contributed by atoms with Crippen LogP contribution in [0.5, 0.6) is 46.0 Å².